The highest BCUT2D eigenvalue weighted by atomic mass is 79.9. The maximum Gasteiger partial charge on any atom is 0.486 e. The Hall–Kier alpha value is -1.77. The summed E-state index contributed by atoms with van der Waals surface area (Å²) in [6.45, 7) is 6.21. The Labute approximate surface area is 155 Å². The van der Waals surface area contributed by atoms with Gasteiger partial charge in [0.1, 0.15) is 0 Å². The van der Waals surface area contributed by atoms with Crippen molar-refractivity contribution in [3.05, 3.63) is 0 Å². The molecule has 0 radical (unpaired) electrons. The number of ether oxygens (including phenoxy) is 1. The molecule has 0 aromatic heterocycles. The summed E-state index contributed by atoms with van der Waals surface area (Å²) in [5.74, 6) is -0.737. The lowest BCUT2D eigenvalue weighted by molar-refractivity contribution is -0.331. The van der Waals surface area contributed by atoms with Gasteiger partial charge in [-0.25, -0.2) is 14.4 Å². The Morgan fingerprint density at radius 2 is 2.00 bits per heavy atom. The molecule has 0 bridgehead atoms. The number of carbonyl (C=O) groups excluding carboxylic acids is 4. The molecule has 0 saturated carbocycles. The van der Waals surface area contributed by atoms with Gasteiger partial charge in [-0.05, 0) is 12.3 Å². The Morgan fingerprint density at radius 1 is 1.32 bits per heavy atom. The van der Waals surface area contributed by atoms with Crippen LogP contribution in [0.1, 0.15) is 46.5 Å². The Bertz CT molecular complexity index is 562. The molecule has 0 aromatic carbocycles. The number of halogens is 1. The molecule has 1 unspecified atom stereocenters. The molecule has 1 N–H and O–H groups in total. The molecule has 1 heterocycles. The van der Waals surface area contributed by atoms with E-state index in [1.165, 1.54) is 0 Å². The number of amides is 6. The average Bonchev–Trinajstić information content (AvgIpc) is 2.56. The van der Waals surface area contributed by atoms with Crippen molar-refractivity contribution in [2.75, 3.05) is 13.2 Å². The van der Waals surface area contributed by atoms with E-state index in [1.807, 2.05) is 13.8 Å². The summed E-state index contributed by atoms with van der Waals surface area (Å²) in [6, 6.07) is -1.72. The van der Waals surface area contributed by atoms with Crippen LogP contribution in [-0.4, -0.2) is 57.7 Å². The molecule has 1 rings (SSSR count). The van der Waals surface area contributed by atoms with Gasteiger partial charge in [0.05, 0.1) is 19.4 Å². The number of rotatable bonds is 7. The number of unbranched alkanes of at least 4 members (excludes halogenated alkanes) is 3. The highest BCUT2D eigenvalue weighted by Gasteiger charge is 2.47. The van der Waals surface area contributed by atoms with Crippen molar-refractivity contribution in [2.24, 2.45) is 5.92 Å². The number of carbonyl (C=O) groups is 4. The fraction of sp³-hybridized carbons (Fsp3) is 0.688. The zero-order chi connectivity index (χ0) is 19.0. The standard InChI is InChI=1S/C16H24BrN3O5/c1-4-5-6-7-8-18-14(22)19-9-12(17)13(21)20(15(19)23)16(24)25-10-11(2)3/h9,11-12H,4-8,10H2,1-3H3/p+1. The summed E-state index contributed by atoms with van der Waals surface area (Å²) < 4.78 is 5.66. The van der Waals surface area contributed by atoms with Crippen LogP contribution in [0.4, 0.5) is 14.4 Å². The predicted molar refractivity (Wildman–Crippen MR) is 95.0 cm³/mol. The van der Waals surface area contributed by atoms with E-state index in [1.54, 1.807) is 0 Å². The molecule has 1 aliphatic rings. The molecule has 8 nitrogen and oxygen atoms in total. The molecule has 0 spiro atoms. The Balaban J connectivity index is 2.75. The lowest BCUT2D eigenvalue weighted by Crippen LogP contribution is -2.57. The van der Waals surface area contributed by atoms with Gasteiger partial charge in [0, 0.05) is 0 Å². The third kappa shape index (κ3) is 6.22. The largest absolute Gasteiger partial charge is 0.486 e. The normalized spacial score (nSPS) is 17.6. The maximum atomic E-state index is 12.4. The molecule has 25 heavy (non-hydrogen) atoms. The lowest BCUT2D eigenvalue weighted by atomic mass is 10.2. The summed E-state index contributed by atoms with van der Waals surface area (Å²) >= 11 is 3.05. The van der Waals surface area contributed by atoms with Crippen LogP contribution in [0.15, 0.2) is 0 Å². The minimum Gasteiger partial charge on any atom is -0.437 e. The number of nitrogens with one attached hydrogen (secondary N) is 1. The van der Waals surface area contributed by atoms with E-state index in [0.29, 0.717) is 11.4 Å². The van der Waals surface area contributed by atoms with Crippen LogP contribution >= 0.6 is 15.9 Å². The number of alkyl halides is 1. The summed E-state index contributed by atoms with van der Waals surface area (Å²) in [7, 11) is 0. The predicted octanol–water partition coefficient (Wildman–Crippen LogP) is 2.88. The molecule has 0 aliphatic carbocycles. The first-order chi connectivity index (χ1) is 11.8. The molecule has 1 aliphatic heterocycles. The van der Waals surface area contributed by atoms with Crippen LogP contribution in [0, 0.1) is 5.92 Å². The minimum atomic E-state index is -1.08. The summed E-state index contributed by atoms with van der Waals surface area (Å²) in [6.07, 6.45) is 3.96. The highest BCUT2D eigenvalue weighted by Crippen LogP contribution is 2.13. The van der Waals surface area contributed by atoms with E-state index in [9.17, 15) is 19.2 Å². The molecule has 0 aromatic rings. The van der Waals surface area contributed by atoms with E-state index >= 15 is 0 Å². The third-order valence-corrected chi connectivity index (χ3v) is 4.01. The second-order valence-electron chi connectivity index (χ2n) is 6.14. The molecule has 0 fully saturated rings. The van der Waals surface area contributed by atoms with Crippen LogP contribution in [-0.2, 0) is 9.53 Å². The second-order valence-corrected chi connectivity index (χ2v) is 7.13. The molecular weight excluding hydrogens is 394 g/mol. The number of nitrogens with zero attached hydrogens (tertiary/aromatic N) is 2. The van der Waals surface area contributed by atoms with Crippen molar-refractivity contribution < 1.29 is 28.5 Å². The molecule has 6 amide bonds. The Morgan fingerprint density at radius 3 is 2.60 bits per heavy atom. The van der Waals surface area contributed by atoms with Gasteiger partial charge in [0.15, 0.2) is 4.83 Å². The first kappa shape index (κ1) is 21.3. The van der Waals surface area contributed by atoms with Gasteiger partial charge in [0.2, 0.25) is 0 Å². The summed E-state index contributed by atoms with van der Waals surface area (Å²) in [5.41, 5.74) is 0. The van der Waals surface area contributed by atoms with Gasteiger partial charge in [-0.2, -0.15) is 0 Å². The SMILES string of the molecule is CCCCCCNC(=O)[N+]1=CC(Br)C(=O)N(C(=O)OCC(C)C)C1=O. The van der Waals surface area contributed by atoms with Crippen molar-refractivity contribution in [3.8, 4) is 0 Å². The number of hydrogen-bond donors (Lipinski definition) is 1. The molecule has 1 atom stereocenters. The van der Waals surface area contributed by atoms with Gasteiger partial charge >= 0.3 is 24.1 Å². The topological polar surface area (TPSA) is 95.8 Å². The number of hydrogen-bond acceptors (Lipinski definition) is 5. The zero-order valence-corrected chi connectivity index (χ0v) is 16.4. The highest BCUT2D eigenvalue weighted by molar-refractivity contribution is 9.10. The van der Waals surface area contributed by atoms with Crippen molar-refractivity contribution in [3.63, 3.8) is 0 Å². The number of imide groups is 4. The van der Waals surface area contributed by atoms with Crippen molar-refractivity contribution >= 4 is 46.2 Å². The first-order valence-corrected chi connectivity index (χ1v) is 9.32. The van der Waals surface area contributed by atoms with Crippen LogP contribution < -0.4 is 5.32 Å². The monoisotopic (exact) mass is 418 g/mol. The van der Waals surface area contributed by atoms with Crippen molar-refractivity contribution in [2.45, 2.75) is 51.3 Å². The van der Waals surface area contributed by atoms with E-state index in [-0.39, 0.29) is 12.5 Å². The van der Waals surface area contributed by atoms with Crippen molar-refractivity contribution in [1.29, 1.82) is 0 Å². The fourth-order valence-electron chi connectivity index (χ4n) is 2.04. The second kappa shape index (κ2) is 10.3. The van der Waals surface area contributed by atoms with Gasteiger partial charge in [-0.1, -0.05) is 60.9 Å². The summed E-state index contributed by atoms with van der Waals surface area (Å²) in [5, 5.41) is 2.61. The lowest BCUT2D eigenvalue weighted by Gasteiger charge is -2.20. The van der Waals surface area contributed by atoms with E-state index in [4.69, 9.17) is 4.74 Å². The summed E-state index contributed by atoms with van der Waals surface area (Å²) in [4.78, 5) is 48.0. The molecule has 9 heteroatoms. The van der Waals surface area contributed by atoms with Gasteiger partial charge < -0.3 is 4.74 Å². The zero-order valence-electron chi connectivity index (χ0n) is 14.8. The van der Waals surface area contributed by atoms with Crippen LogP contribution in [0.25, 0.3) is 0 Å². The van der Waals surface area contributed by atoms with Crippen LogP contribution in [0.5, 0.6) is 0 Å². The van der Waals surface area contributed by atoms with E-state index in [2.05, 4.69) is 28.2 Å². The van der Waals surface area contributed by atoms with Crippen LogP contribution in [0.3, 0.4) is 0 Å². The third-order valence-electron chi connectivity index (χ3n) is 3.38. The van der Waals surface area contributed by atoms with E-state index < -0.39 is 28.9 Å². The fourth-order valence-corrected chi connectivity index (χ4v) is 2.48. The van der Waals surface area contributed by atoms with Crippen LogP contribution in [0.2, 0.25) is 0 Å². The minimum absolute atomic E-state index is 0.0489. The maximum absolute atomic E-state index is 12.4. The van der Waals surface area contributed by atoms with Crippen molar-refractivity contribution in [1.82, 2.24) is 10.2 Å². The quantitative estimate of drug-likeness (QED) is 0.389. The molecular formula is C16H25BrN3O5+. The number of urea groups is 2. The van der Waals surface area contributed by atoms with Gasteiger partial charge in [-0.3, -0.25) is 10.1 Å². The van der Waals surface area contributed by atoms with Gasteiger partial charge in [0.25, 0.3) is 0 Å². The molecule has 140 valence electrons. The smallest absolute Gasteiger partial charge is 0.437 e. The Kier molecular flexibility index (Phi) is 8.74. The average molecular weight is 419 g/mol. The van der Waals surface area contributed by atoms with E-state index in [0.717, 1.165) is 36.5 Å². The first-order valence-electron chi connectivity index (χ1n) is 8.40. The van der Waals surface area contributed by atoms with Gasteiger partial charge in [-0.15, -0.1) is 4.58 Å². The molecule has 0 saturated heterocycles.